The third kappa shape index (κ3) is 2.75. The van der Waals surface area contributed by atoms with Crippen molar-refractivity contribution in [3.05, 3.63) is 0 Å². The van der Waals surface area contributed by atoms with Crippen LogP contribution in [0, 0.1) is 11.3 Å². The standard InChI is InChI=1S/C16H30N2/c1-16(9-5-10-17-12-16)13-18-11-4-7-14-6-2-3-8-15(14)18/h14-15,17H,2-13H2,1H3/t14-,15-,16?/m1/s1. The van der Waals surface area contributed by atoms with E-state index in [0.29, 0.717) is 5.41 Å². The topological polar surface area (TPSA) is 15.3 Å². The predicted octanol–water partition coefficient (Wildman–Crippen LogP) is 3.03. The summed E-state index contributed by atoms with van der Waals surface area (Å²) < 4.78 is 0. The van der Waals surface area contributed by atoms with Crippen LogP contribution in [0.4, 0.5) is 0 Å². The Morgan fingerprint density at radius 2 is 1.94 bits per heavy atom. The smallest absolute Gasteiger partial charge is 0.0124 e. The van der Waals surface area contributed by atoms with Gasteiger partial charge >= 0.3 is 0 Å². The van der Waals surface area contributed by atoms with Crippen LogP contribution in [0.3, 0.4) is 0 Å². The number of hydrogen-bond acceptors (Lipinski definition) is 2. The quantitative estimate of drug-likeness (QED) is 0.810. The van der Waals surface area contributed by atoms with Gasteiger partial charge < -0.3 is 5.32 Å². The molecule has 1 unspecified atom stereocenters. The molecule has 0 amide bonds. The first-order valence-electron chi connectivity index (χ1n) is 8.22. The van der Waals surface area contributed by atoms with E-state index in [1.165, 1.54) is 77.5 Å². The van der Waals surface area contributed by atoms with Crippen molar-refractivity contribution in [2.45, 2.75) is 64.3 Å². The van der Waals surface area contributed by atoms with Crippen molar-refractivity contribution in [2.24, 2.45) is 11.3 Å². The van der Waals surface area contributed by atoms with Gasteiger partial charge in [-0.2, -0.15) is 0 Å². The van der Waals surface area contributed by atoms with E-state index in [9.17, 15) is 0 Å². The molecule has 3 atom stereocenters. The van der Waals surface area contributed by atoms with Crippen molar-refractivity contribution in [3.8, 4) is 0 Å². The summed E-state index contributed by atoms with van der Waals surface area (Å²) in [7, 11) is 0. The van der Waals surface area contributed by atoms with Crippen LogP contribution in [0.15, 0.2) is 0 Å². The molecule has 2 heterocycles. The molecule has 1 aliphatic carbocycles. The van der Waals surface area contributed by atoms with Crippen molar-refractivity contribution in [1.82, 2.24) is 10.2 Å². The molecule has 104 valence electrons. The number of hydrogen-bond donors (Lipinski definition) is 1. The van der Waals surface area contributed by atoms with Gasteiger partial charge in [0.25, 0.3) is 0 Å². The molecule has 0 aromatic carbocycles. The van der Waals surface area contributed by atoms with E-state index in [-0.39, 0.29) is 0 Å². The first-order chi connectivity index (χ1) is 8.77. The van der Waals surface area contributed by atoms with E-state index in [2.05, 4.69) is 17.1 Å². The highest BCUT2D eigenvalue weighted by Gasteiger charge is 2.37. The van der Waals surface area contributed by atoms with Crippen molar-refractivity contribution >= 4 is 0 Å². The molecule has 2 aliphatic heterocycles. The Bertz CT molecular complexity index is 268. The van der Waals surface area contributed by atoms with Crippen molar-refractivity contribution in [2.75, 3.05) is 26.2 Å². The Labute approximate surface area is 113 Å². The number of fused-ring (bicyclic) bond motifs is 1. The van der Waals surface area contributed by atoms with Gasteiger partial charge in [-0.05, 0) is 62.9 Å². The first-order valence-corrected chi connectivity index (χ1v) is 8.22. The number of nitrogens with zero attached hydrogens (tertiary/aromatic N) is 1. The van der Waals surface area contributed by atoms with Crippen molar-refractivity contribution < 1.29 is 0 Å². The van der Waals surface area contributed by atoms with Crippen LogP contribution in [-0.4, -0.2) is 37.1 Å². The van der Waals surface area contributed by atoms with Gasteiger partial charge in [-0.15, -0.1) is 0 Å². The molecule has 0 radical (unpaired) electrons. The molecule has 18 heavy (non-hydrogen) atoms. The third-order valence-corrected chi connectivity index (χ3v) is 5.63. The van der Waals surface area contributed by atoms with Crippen LogP contribution in [0.1, 0.15) is 58.3 Å². The molecule has 3 fully saturated rings. The summed E-state index contributed by atoms with van der Waals surface area (Å²) in [5.74, 6) is 1.03. The number of nitrogens with one attached hydrogen (secondary N) is 1. The van der Waals surface area contributed by atoms with Gasteiger partial charge in [0, 0.05) is 19.1 Å². The molecule has 2 nitrogen and oxygen atoms in total. The van der Waals surface area contributed by atoms with E-state index in [0.717, 1.165) is 12.0 Å². The molecule has 2 heteroatoms. The highest BCUT2D eigenvalue weighted by Crippen LogP contribution is 2.37. The molecule has 0 aromatic rings. The normalized spacial score (nSPS) is 42.5. The SMILES string of the molecule is CC1(CN2CCC[C@H]3CCCC[C@H]32)CCCNC1. The van der Waals surface area contributed by atoms with E-state index >= 15 is 0 Å². The predicted molar refractivity (Wildman–Crippen MR) is 76.8 cm³/mol. The molecule has 3 rings (SSSR count). The fourth-order valence-corrected chi connectivity index (χ4v) is 4.67. The monoisotopic (exact) mass is 250 g/mol. The van der Waals surface area contributed by atoms with Gasteiger partial charge in [0.1, 0.15) is 0 Å². The fourth-order valence-electron chi connectivity index (χ4n) is 4.67. The summed E-state index contributed by atoms with van der Waals surface area (Å²) in [6, 6.07) is 0.936. The average molecular weight is 250 g/mol. The van der Waals surface area contributed by atoms with E-state index in [4.69, 9.17) is 0 Å². The van der Waals surface area contributed by atoms with Gasteiger partial charge in [0.15, 0.2) is 0 Å². The van der Waals surface area contributed by atoms with Crippen LogP contribution < -0.4 is 5.32 Å². The number of piperidine rings is 2. The maximum Gasteiger partial charge on any atom is 0.0124 e. The number of likely N-dealkylation sites (tertiary alicyclic amines) is 1. The van der Waals surface area contributed by atoms with Gasteiger partial charge in [-0.25, -0.2) is 0 Å². The lowest BCUT2D eigenvalue weighted by Crippen LogP contribution is -2.53. The minimum Gasteiger partial charge on any atom is -0.316 e. The molecule has 3 aliphatic rings. The second-order valence-electron chi connectivity index (χ2n) is 7.32. The molecule has 0 aromatic heterocycles. The van der Waals surface area contributed by atoms with Crippen molar-refractivity contribution in [1.29, 1.82) is 0 Å². The van der Waals surface area contributed by atoms with Crippen LogP contribution >= 0.6 is 0 Å². The van der Waals surface area contributed by atoms with Gasteiger partial charge in [0.2, 0.25) is 0 Å². The molecule has 1 saturated carbocycles. The van der Waals surface area contributed by atoms with E-state index in [1.807, 2.05) is 0 Å². The highest BCUT2D eigenvalue weighted by molar-refractivity contribution is 4.92. The summed E-state index contributed by atoms with van der Waals surface area (Å²) in [5, 5.41) is 3.61. The summed E-state index contributed by atoms with van der Waals surface area (Å²) >= 11 is 0. The summed E-state index contributed by atoms with van der Waals surface area (Å²) in [6.07, 6.45) is 11.7. The first kappa shape index (κ1) is 12.9. The Hall–Kier alpha value is -0.0800. The van der Waals surface area contributed by atoms with Gasteiger partial charge in [-0.3, -0.25) is 4.90 Å². The maximum absolute atomic E-state index is 3.61. The Kier molecular flexibility index (Phi) is 3.95. The molecular formula is C16H30N2. The van der Waals surface area contributed by atoms with Crippen LogP contribution in [-0.2, 0) is 0 Å². The lowest BCUT2D eigenvalue weighted by atomic mass is 9.76. The second-order valence-corrected chi connectivity index (χ2v) is 7.32. The zero-order chi connectivity index (χ0) is 12.4. The Morgan fingerprint density at radius 1 is 1.11 bits per heavy atom. The fraction of sp³-hybridized carbons (Fsp3) is 1.00. The Morgan fingerprint density at radius 3 is 2.78 bits per heavy atom. The molecule has 1 N–H and O–H groups in total. The van der Waals surface area contributed by atoms with Gasteiger partial charge in [0.05, 0.1) is 0 Å². The maximum atomic E-state index is 3.61. The van der Waals surface area contributed by atoms with Crippen molar-refractivity contribution in [3.63, 3.8) is 0 Å². The minimum absolute atomic E-state index is 0.539. The molecular weight excluding hydrogens is 220 g/mol. The highest BCUT2D eigenvalue weighted by atomic mass is 15.2. The van der Waals surface area contributed by atoms with Crippen LogP contribution in [0.2, 0.25) is 0 Å². The van der Waals surface area contributed by atoms with Crippen LogP contribution in [0.5, 0.6) is 0 Å². The molecule has 0 bridgehead atoms. The lowest BCUT2D eigenvalue weighted by Gasteiger charge is -2.48. The van der Waals surface area contributed by atoms with E-state index < -0.39 is 0 Å². The summed E-state index contributed by atoms with van der Waals surface area (Å²) in [5.41, 5.74) is 0.539. The lowest BCUT2D eigenvalue weighted by molar-refractivity contribution is 0.0209. The minimum atomic E-state index is 0.539. The zero-order valence-electron chi connectivity index (χ0n) is 12.1. The Balaban J connectivity index is 1.63. The average Bonchev–Trinajstić information content (AvgIpc) is 2.40. The molecule has 0 spiro atoms. The van der Waals surface area contributed by atoms with Crippen LogP contribution in [0.25, 0.3) is 0 Å². The number of rotatable bonds is 2. The largest absolute Gasteiger partial charge is 0.316 e. The third-order valence-electron chi connectivity index (χ3n) is 5.63. The summed E-state index contributed by atoms with van der Waals surface area (Å²) in [6.45, 7) is 7.70. The second kappa shape index (κ2) is 5.50. The zero-order valence-corrected chi connectivity index (χ0v) is 12.1. The molecule has 2 saturated heterocycles. The van der Waals surface area contributed by atoms with Gasteiger partial charge in [-0.1, -0.05) is 19.8 Å². The summed E-state index contributed by atoms with van der Waals surface area (Å²) in [4.78, 5) is 2.88. The van der Waals surface area contributed by atoms with E-state index in [1.54, 1.807) is 0 Å².